The summed E-state index contributed by atoms with van der Waals surface area (Å²) in [5.41, 5.74) is 1.61. The lowest BCUT2D eigenvalue weighted by molar-refractivity contribution is -0.384. The quantitative estimate of drug-likeness (QED) is 0.478. The standard InChI is InChI=1S/C24H28N4O4/c1-27(20-5-3-2-4-6-20)24(30)16-7-10-19(11-8-16)26-23(29)17-9-14-21(25-18-12-13-18)22(15-17)28(31)32/h7-11,14-15,18,20,25H,2-6,12-13H2,1H3,(H,26,29). The maximum atomic E-state index is 12.8. The number of carbonyl (C=O) groups is 2. The van der Waals surface area contributed by atoms with Crippen molar-refractivity contribution in [2.24, 2.45) is 0 Å². The summed E-state index contributed by atoms with van der Waals surface area (Å²) in [5, 5.41) is 17.3. The molecule has 2 N–H and O–H groups in total. The fourth-order valence-corrected chi connectivity index (χ4v) is 4.13. The molecule has 32 heavy (non-hydrogen) atoms. The van der Waals surface area contributed by atoms with Gasteiger partial charge in [-0.25, -0.2) is 0 Å². The van der Waals surface area contributed by atoms with Crippen molar-refractivity contribution in [3.05, 3.63) is 63.7 Å². The van der Waals surface area contributed by atoms with Crippen molar-refractivity contribution in [2.45, 2.75) is 57.0 Å². The third kappa shape index (κ3) is 5.07. The number of hydrogen-bond acceptors (Lipinski definition) is 5. The van der Waals surface area contributed by atoms with Crippen LogP contribution in [-0.2, 0) is 0 Å². The molecule has 2 amide bonds. The lowest BCUT2D eigenvalue weighted by Gasteiger charge is -2.31. The zero-order chi connectivity index (χ0) is 22.7. The van der Waals surface area contributed by atoms with Crippen LogP contribution in [0.1, 0.15) is 65.7 Å². The van der Waals surface area contributed by atoms with E-state index in [1.54, 1.807) is 36.4 Å². The second-order valence-corrected chi connectivity index (χ2v) is 8.65. The average Bonchev–Trinajstić information content (AvgIpc) is 3.63. The van der Waals surface area contributed by atoms with Gasteiger partial charge in [0.05, 0.1) is 4.92 Å². The summed E-state index contributed by atoms with van der Waals surface area (Å²) in [6, 6.07) is 11.7. The number of anilines is 2. The van der Waals surface area contributed by atoms with Crippen molar-refractivity contribution < 1.29 is 14.5 Å². The van der Waals surface area contributed by atoms with E-state index >= 15 is 0 Å². The van der Waals surface area contributed by atoms with Crippen LogP contribution in [0, 0.1) is 10.1 Å². The van der Waals surface area contributed by atoms with Crippen molar-refractivity contribution >= 4 is 28.9 Å². The van der Waals surface area contributed by atoms with Crippen molar-refractivity contribution in [2.75, 3.05) is 17.7 Å². The van der Waals surface area contributed by atoms with E-state index in [9.17, 15) is 19.7 Å². The Morgan fingerprint density at radius 1 is 0.969 bits per heavy atom. The Labute approximate surface area is 187 Å². The van der Waals surface area contributed by atoms with Crippen LogP contribution in [0.2, 0.25) is 0 Å². The Morgan fingerprint density at radius 2 is 1.62 bits per heavy atom. The number of amides is 2. The van der Waals surface area contributed by atoms with Gasteiger partial charge in [0.2, 0.25) is 0 Å². The number of nitrogens with zero attached hydrogens (tertiary/aromatic N) is 2. The molecule has 2 aliphatic carbocycles. The minimum atomic E-state index is -0.481. The Kier molecular flexibility index (Phi) is 6.39. The molecule has 0 bridgehead atoms. The van der Waals surface area contributed by atoms with Crippen molar-refractivity contribution in [1.29, 1.82) is 0 Å². The van der Waals surface area contributed by atoms with Gasteiger partial charge in [0.15, 0.2) is 0 Å². The van der Waals surface area contributed by atoms with Crippen molar-refractivity contribution in [3.63, 3.8) is 0 Å². The van der Waals surface area contributed by atoms with Gasteiger partial charge >= 0.3 is 0 Å². The molecule has 0 spiro atoms. The molecule has 2 aromatic carbocycles. The van der Waals surface area contributed by atoms with Crippen LogP contribution in [0.15, 0.2) is 42.5 Å². The Bertz CT molecular complexity index is 1010. The van der Waals surface area contributed by atoms with Crippen LogP contribution in [0.5, 0.6) is 0 Å². The first-order valence-corrected chi connectivity index (χ1v) is 11.2. The SMILES string of the molecule is CN(C(=O)c1ccc(NC(=O)c2ccc(NC3CC3)c([N+](=O)[O-])c2)cc1)C1CCCCC1. The Hall–Kier alpha value is -3.42. The first kappa shape index (κ1) is 21.8. The first-order valence-electron chi connectivity index (χ1n) is 11.2. The smallest absolute Gasteiger partial charge is 0.293 e. The number of rotatable bonds is 7. The van der Waals surface area contributed by atoms with Crippen molar-refractivity contribution in [1.82, 2.24) is 4.90 Å². The van der Waals surface area contributed by atoms with E-state index in [0.717, 1.165) is 38.5 Å². The monoisotopic (exact) mass is 436 g/mol. The molecule has 2 saturated carbocycles. The molecule has 0 atom stereocenters. The van der Waals surface area contributed by atoms with Gasteiger partial charge in [-0.05, 0) is 62.1 Å². The second kappa shape index (κ2) is 9.38. The molecule has 2 aliphatic rings. The first-order chi connectivity index (χ1) is 15.4. The van der Waals surface area contributed by atoms with Gasteiger partial charge in [0.25, 0.3) is 17.5 Å². The number of nitrogens with one attached hydrogen (secondary N) is 2. The van der Waals surface area contributed by atoms with E-state index in [1.807, 2.05) is 11.9 Å². The zero-order valence-corrected chi connectivity index (χ0v) is 18.2. The molecule has 2 aromatic rings. The maximum absolute atomic E-state index is 12.8. The predicted molar refractivity (Wildman–Crippen MR) is 123 cm³/mol. The summed E-state index contributed by atoms with van der Waals surface area (Å²) >= 11 is 0. The molecule has 8 nitrogen and oxygen atoms in total. The summed E-state index contributed by atoms with van der Waals surface area (Å²) in [4.78, 5) is 38.2. The highest BCUT2D eigenvalue weighted by Crippen LogP contribution is 2.31. The van der Waals surface area contributed by atoms with E-state index in [0.29, 0.717) is 16.9 Å². The largest absolute Gasteiger partial charge is 0.377 e. The molecule has 4 rings (SSSR count). The topological polar surface area (TPSA) is 105 Å². The number of carbonyl (C=O) groups excluding carboxylic acids is 2. The molecule has 0 unspecified atom stereocenters. The number of nitro groups is 1. The molecule has 168 valence electrons. The highest BCUT2D eigenvalue weighted by atomic mass is 16.6. The summed E-state index contributed by atoms with van der Waals surface area (Å²) in [6.07, 6.45) is 7.61. The molecule has 2 fully saturated rings. The third-order valence-corrected chi connectivity index (χ3v) is 6.23. The summed E-state index contributed by atoms with van der Waals surface area (Å²) in [7, 11) is 1.85. The molecule has 0 radical (unpaired) electrons. The highest BCUT2D eigenvalue weighted by Gasteiger charge is 2.26. The van der Waals surface area contributed by atoms with Crippen LogP contribution < -0.4 is 10.6 Å². The van der Waals surface area contributed by atoms with E-state index in [2.05, 4.69) is 10.6 Å². The lowest BCUT2D eigenvalue weighted by atomic mass is 9.94. The van der Waals surface area contributed by atoms with Gasteiger partial charge in [-0.15, -0.1) is 0 Å². The van der Waals surface area contributed by atoms with E-state index in [4.69, 9.17) is 0 Å². The molecule has 0 aromatic heterocycles. The molecular weight excluding hydrogens is 408 g/mol. The van der Waals surface area contributed by atoms with Gasteiger partial charge < -0.3 is 15.5 Å². The Balaban J connectivity index is 1.41. The van der Waals surface area contributed by atoms with Gasteiger partial charge in [-0.3, -0.25) is 19.7 Å². The second-order valence-electron chi connectivity index (χ2n) is 8.65. The van der Waals surface area contributed by atoms with Crippen LogP contribution >= 0.6 is 0 Å². The van der Waals surface area contributed by atoms with Crippen molar-refractivity contribution in [3.8, 4) is 0 Å². The van der Waals surface area contributed by atoms with E-state index in [1.165, 1.54) is 12.5 Å². The van der Waals surface area contributed by atoms with Crippen LogP contribution in [0.4, 0.5) is 17.1 Å². The summed E-state index contributed by atoms with van der Waals surface area (Å²) in [6.45, 7) is 0. The minimum absolute atomic E-state index is 0.0239. The van der Waals surface area contributed by atoms with Gasteiger partial charge in [0, 0.05) is 42.0 Å². The Morgan fingerprint density at radius 3 is 2.25 bits per heavy atom. The number of nitro benzene ring substituents is 1. The molecule has 8 heteroatoms. The number of hydrogen-bond donors (Lipinski definition) is 2. The fourth-order valence-electron chi connectivity index (χ4n) is 4.13. The van der Waals surface area contributed by atoms with Gasteiger partial charge in [-0.2, -0.15) is 0 Å². The van der Waals surface area contributed by atoms with Gasteiger partial charge in [0.1, 0.15) is 5.69 Å². The zero-order valence-electron chi connectivity index (χ0n) is 18.2. The normalized spacial score (nSPS) is 16.3. The number of benzene rings is 2. The maximum Gasteiger partial charge on any atom is 0.293 e. The van der Waals surface area contributed by atoms with E-state index < -0.39 is 10.8 Å². The molecule has 0 saturated heterocycles. The van der Waals surface area contributed by atoms with Gasteiger partial charge in [-0.1, -0.05) is 19.3 Å². The third-order valence-electron chi connectivity index (χ3n) is 6.23. The molecule has 0 heterocycles. The fraction of sp³-hybridized carbons (Fsp3) is 0.417. The van der Waals surface area contributed by atoms with Crippen LogP contribution in [0.3, 0.4) is 0 Å². The summed E-state index contributed by atoms with van der Waals surface area (Å²) in [5.74, 6) is -0.464. The van der Waals surface area contributed by atoms with Crippen LogP contribution in [0.25, 0.3) is 0 Å². The predicted octanol–water partition coefficient (Wildman–Crippen LogP) is 4.83. The average molecular weight is 437 g/mol. The highest BCUT2D eigenvalue weighted by molar-refractivity contribution is 6.05. The lowest BCUT2D eigenvalue weighted by Crippen LogP contribution is -2.38. The molecular formula is C24H28N4O4. The van der Waals surface area contributed by atoms with Crippen LogP contribution in [-0.4, -0.2) is 40.8 Å². The van der Waals surface area contributed by atoms with E-state index in [-0.39, 0.29) is 29.2 Å². The summed E-state index contributed by atoms with van der Waals surface area (Å²) < 4.78 is 0. The molecule has 0 aliphatic heterocycles. The minimum Gasteiger partial charge on any atom is -0.377 e.